The zero-order valence-electron chi connectivity index (χ0n) is 12.3. The minimum Gasteiger partial charge on any atom is -0.478 e. The maximum absolute atomic E-state index is 10.5. The number of anilines is 1. The molecule has 0 saturated carbocycles. The Morgan fingerprint density at radius 2 is 1.95 bits per heavy atom. The highest BCUT2D eigenvalue weighted by atomic mass is 16.4. The van der Waals surface area contributed by atoms with E-state index in [1.165, 1.54) is 6.08 Å². The van der Waals surface area contributed by atoms with Gasteiger partial charge in [0.05, 0.1) is 0 Å². The average molecular weight is 261 g/mol. The van der Waals surface area contributed by atoms with E-state index in [4.69, 9.17) is 5.11 Å². The normalized spacial score (nSPS) is 12.9. The Hall–Kier alpha value is -1.77. The van der Waals surface area contributed by atoms with Crippen molar-refractivity contribution in [3.63, 3.8) is 0 Å². The van der Waals surface area contributed by atoms with E-state index in [9.17, 15) is 4.79 Å². The van der Waals surface area contributed by atoms with Crippen LogP contribution in [-0.2, 0) is 4.79 Å². The van der Waals surface area contributed by atoms with Gasteiger partial charge in [-0.1, -0.05) is 19.9 Å². The molecule has 3 heteroatoms. The van der Waals surface area contributed by atoms with Gasteiger partial charge in [0.2, 0.25) is 0 Å². The number of carboxylic acids is 1. The molecule has 0 aromatic heterocycles. The van der Waals surface area contributed by atoms with E-state index in [2.05, 4.69) is 38.8 Å². The molecule has 3 nitrogen and oxygen atoms in total. The molecule has 0 saturated heterocycles. The van der Waals surface area contributed by atoms with E-state index in [0.717, 1.165) is 16.8 Å². The van der Waals surface area contributed by atoms with Crippen LogP contribution < -0.4 is 4.90 Å². The molecule has 0 aliphatic heterocycles. The highest BCUT2D eigenvalue weighted by Crippen LogP contribution is 2.23. The number of carboxylic acid groups (broad SMARTS) is 1. The fourth-order valence-electron chi connectivity index (χ4n) is 1.91. The summed E-state index contributed by atoms with van der Waals surface area (Å²) in [5, 5.41) is 8.65. The standard InChI is InChI=1S/C16H23NO2/c1-11(2)13(4)17(5)15-8-6-14(12(3)10-15)7-9-16(18)19/h6-11,13H,1-5H3,(H,18,19). The molecule has 1 aromatic rings. The minimum atomic E-state index is -0.922. The molecule has 0 heterocycles. The first-order valence-corrected chi connectivity index (χ1v) is 6.57. The van der Waals surface area contributed by atoms with Crippen LogP contribution in [0.3, 0.4) is 0 Å². The molecule has 0 aliphatic rings. The van der Waals surface area contributed by atoms with E-state index in [-0.39, 0.29) is 0 Å². The summed E-state index contributed by atoms with van der Waals surface area (Å²) >= 11 is 0. The quantitative estimate of drug-likeness (QED) is 0.824. The predicted molar refractivity (Wildman–Crippen MR) is 80.6 cm³/mol. The van der Waals surface area contributed by atoms with Gasteiger partial charge in [-0.2, -0.15) is 0 Å². The summed E-state index contributed by atoms with van der Waals surface area (Å²) in [5.74, 6) is -0.342. The van der Waals surface area contributed by atoms with Crippen molar-refractivity contribution in [1.82, 2.24) is 0 Å². The summed E-state index contributed by atoms with van der Waals surface area (Å²) in [4.78, 5) is 12.8. The number of aliphatic carboxylic acids is 1. The Bertz CT molecular complexity index is 478. The number of carbonyl (C=O) groups is 1. The fraction of sp³-hybridized carbons (Fsp3) is 0.438. The molecule has 1 N–H and O–H groups in total. The second-order valence-electron chi connectivity index (χ2n) is 5.31. The maximum atomic E-state index is 10.5. The van der Waals surface area contributed by atoms with Crippen molar-refractivity contribution in [3.05, 3.63) is 35.4 Å². The Labute approximate surface area is 115 Å². The van der Waals surface area contributed by atoms with Crippen LogP contribution in [0.5, 0.6) is 0 Å². The van der Waals surface area contributed by atoms with Crippen molar-refractivity contribution in [2.75, 3.05) is 11.9 Å². The molecule has 0 spiro atoms. The summed E-state index contributed by atoms with van der Waals surface area (Å²) in [6.07, 6.45) is 2.80. The van der Waals surface area contributed by atoms with Crippen LogP contribution >= 0.6 is 0 Å². The van der Waals surface area contributed by atoms with Gasteiger partial charge >= 0.3 is 5.97 Å². The van der Waals surface area contributed by atoms with E-state index >= 15 is 0 Å². The highest BCUT2D eigenvalue weighted by molar-refractivity contribution is 5.85. The van der Waals surface area contributed by atoms with Crippen LogP contribution in [0.15, 0.2) is 24.3 Å². The number of hydrogen-bond donors (Lipinski definition) is 1. The van der Waals surface area contributed by atoms with Gasteiger partial charge in [-0.3, -0.25) is 0 Å². The van der Waals surface area contributed by atoms with Gasteiger partial charge in [0.25, 0.3) is 0 Å². The molecule has 1 rings (SSSR count). The van der Waals surface area contributed by atoms with Crippen molar-refractivity contribution in [3.8, 4) is 0 Å². The minimum absolute atomic E-state index is 0.458. The largest absolute Gasteiger partial charge is 0.478 e. The van der Waals surface area contributed by atoms with Crippen LogP contribution in [-0.4, -0.2) is 24.2 Å². The first-order valence-electron chi connectivity index (χ1n) is 6.57. The Kier molecular flexibility index (Phi) is 5.16. The van der Waals surface area contributed by atoms with Crippen molar-refractivity contribution in [2.45, 2.75) is 33.7 Å². The summed E-state index contributed by atoms with van der Waals surface area (Å²) < 4.78 is 0. The lowest BCUT2D eigenvalue weighted by atomic mass is 10.0. The van der Waals surface area contributed by atoms with Crippen molar-refractivity contribution >= 4 is 17.7 Å². The molecule has 0 bridgehead atoms. The van der Waals surface area contributed by atoms with E-state index in [1.807, 2.05) is 19.1 Å². The summed E-state index contributed by atoms with van der Waals surface area (Å²) in [6.45, 7) is 8.62. The summed E-state index contributed by atoms with van der Waals surface area (Å²) in [5.41, 5.74) is 3.18. The molecule has 0 amide bonds. The molecule has 0 radical (unpaired) electrons. The number of aryl methyl sites for hydroxylation is 1. The highest BCUT2D eigenvalue weighted by Gasteiger charge is 2.13. The predicted octanol–water partition coefficient (Wildman–Crippen LogP) is 3.57. The monoisotopic (exact) mass is 261 g/mol. The Balaban J connectivity index is 2.96. The van der Waals surface area contributed by atoms with E-state index < -0.39 is 5.97 Å². The van der Waals surface area contributed by atoms with Crippen LogP contribution in [0.2, 0.25) is 0 Å². The molecule has 0 aliphatic carbocycles. The lowest BCUT2D eigenvalue weighted by Crippen LogP contribution is -2.33. The van der Waals surface area contributed by atoms with Crippen LogP contribution in [0.4, 0.5) is 5.69 Å². The zero-order valence-corrected chi connectivity index (χ0v) is 12.3. The topological polar surface area (TPSA) is 40.5 Å². The van der Waals surface area contributed by atoms with Crippen molar-refractivity contribution < 1.29 is 9.90 Å². The number of rotatable bonds is 5. The first kappa shape index (κ1) is 15.3. The molecular weight excluding hydrogens is 238 g/mol. The molecular formula is C16H23NO2. The second kappa shape index (κ2) is 6.41. The maximum Gasteiger partial charge on any atom is 0.328 e. The number of hydrogen-bond acceptors (Lipinski definition) is 2. The Morgan fingerprint density at radius 1 is 1.32 bits per heavy atom. The number of benzene rings is 1. The average Bonchev–Trinajstić information content (AvgIpc) is 2.35. The second-order valence-corrected chi connectivity index (χ2v) is 5.31. The van der Waals surface area contributed by atoms with Gasteiger partial charge in [-0.15, -0.1) is 0 Å². The summed E-state index contributed by atoms with van der Waals surface area (Å²) in [6, 6.07) is 6.56. The van der Waals surface area contributed by atoms with Crippen LogP contribution in [0, 0.1) is 12.8 Å². The lowest BCUT2D eigenvalue weighted by molar-refractivity contribution is -0.131. The molecule has 1 unspecified atom stereocenters. The van der Waals surface area contributed by atoms with Gasteiger partial charge in [-0.05, 0) is 49.1 Å². The fourth-order valence-corrected chi connectivity index (χ4v) is 1.91. The van der Waals surface area contributed by atoms with Gasteiger partial charge < -0.3 is 10.0 Å². The first-order chi connectivity index (χ1) is 8.82. The van der Waals surface area contributed by atoms with Crippen LogP contribution in [0.1, 0.15) is 31.9 Å². The molecule has 104 valence electrons. The third-order valence-electron chi connectivity index (χ3n) is 3.64. The SMILES string of the molecule is Cc1cc(N(C)C(C)C(C)C)ccc1C=CC(=O)O. The third kappa shape index (κ3) is 4.12. The van der Waals surface area contributed by atoms with Gasteiger partial charge in [0.1, 0.15) is 0 Å². The van der Waals surface area contributed by atoms with E-state index in [0.29, 0.717) is 12.0 Å². The van der Waals surface area contributed by atoms with Gasteiger partial charge in [-0.25, -0.2) is 4.79 Å². The molecule has 19 heavy (non-hydrogen) atoms. The Morgan fingerprint density at radius 3 is 2.42 bits per heavy atom. The lowest BCUT2D eigenvalue weighted by Gasteiger charge is -2.30. The van der Waals surface area contributed by atoms with Gasteiger partial charge in [0.15, 0.2) is 0 Å². The third-order valence-corrected chi connectivity index (χ3v) is 3.64. The van der Waals surface area contributed by atoms with Crippen molar-refractivity contribution in [2.24, 2.45) is 5.92 Å². The van der Waals surface area contributed by atoms with Gasteiger partial charge in [0, 0.05) is 24.9 Å². The van der Waals surface area contributed by atoms with E-state index in [1.54, 1.807) is 6.08 Å². The molecule has 0 fully saturated rings. The van der Waals surface area contributed by atoms with Crippen LogP contribution in [0.25, 0.3) is 6.08 Å². The smallest absolute Gasteiger partial charge is 0.328 e. The van der Waals surface area contributed by atoms with Crippen molar-refractivity contribution in [1.29, 1.82) is 0 Å². The molecule has 1 aromatic carbocycles. The summed E-state index contributed by atoms with van der Waals surface area (Å²) in [7, 11) is 2.09. The molecule has 1 atom stereocenters. The zero-order chi connectivity index (χ0) is 14.6. The number of nitrogens with zero attached hydrogens (tertiary/aromatic N) is 1.